The minimum atomic E-state index is 0.188. The van der Waals surface area contributed by atoms with Crippen molar-refractivity contribution in [3.05, 3.63) is 26.8 Å². The summed E-state index contributed by atoms with van der Waals surface area (Å²) < 4.78 is 0.912. The van der Waals surface area contributed by atoms with Gasteiger partial charge < -0.3 is 10.4 Å². The lowest BCUT2D eigenvalue weighted by Crippen LogP contribution is -2.12. The van der Waals surface area contributed by atoms with Crippen molar-refractivity contribution in [2.45, 2.75) is 19.9 Å². The SMILES string of the molecule is CN[C@@H](C)c1cc(C)cc(I)c1O. The molecular formula is C10H14INO. The molecule has 0 spiro atoms. The highest BCUT2D eigenvalue weighted by Gasteiger charge is 2.11. The number of phenols is 1. The maximum atomic E-state index is 9.78. The molecular weight excluding hydrogens is 277 g/mol. The molecule has 0 heterocycles. The van der Waals surface area contributed by atoms with Gasteiger partial charge in [0.25, 0.3) is 0 Å². The summed E-state index contributed by atoms with van der Waals surface area (Å²) in [6.45, 7) is 4.07. The second-order valence-electron chi connectivity index (χ2n) is 3.19. The quantitative estimate of drug-likeness (QED) is 0.821. The van der Waals surface area contributed by atoms with E-state index in [1.54, 1.807) is 0 Å². The summed E-state index contributed by atoms with van der Waals surface area (Å²) in [6, 6.07) is 4.17. The highest BCUT2D eigenvalue weighted by Crippen LogP contribution is 2.30. The van der Waals surface area contributed by atoms with Gasteiger partial charge in [-0.05, 0) is 55.1 Å². The molecule has 1 aromatic carbocycles. The molecule has 0 amide bonds. The number of nitrogens with one attached hydrogen (secondary N) is 1. The van der Waals surface area contributed by atoms with Gasteiger partial charge in [-0.1, -0.05) is 6.07 Å². The second-order valence-corrected chi connectivity index (χ2v) is 4.36. The molecule has 3 heteroatoms. The van der Waals surface area contributed by atoms with Gasteiger partial charge in [0.1, 0.15) is 5.75 Å². The molecule has 0 aliphatic rings. The van der Waals surface area contributed by atoms with Crippen LogP contribution < -0.4 is 5.32 Å². The summed E-state index contributed by atoms with van der Waals surface area (Å²) in [7, 11) is 1.89. The molecule has 0 bridgehead atoms. The second kappa shape index (κ2) is 4.28. The molecule has 0 aliphatic heterocycles. The molecule has 0 aromatic heterocycles. The first kappa shape index (κ1) is 10.8. The van der Waals surface area contributed by atoms with Gasteiger partial charge in [0.2, 0.25) is 0 Å². The standard InChI is InChI=1S/C10H14INO/c1-6-4-8(7(2)12-3)10(13)9(11)5-6/h4-5,7,12-13H,1-3H3/t7-/m0/s1. The van der Waals surface area contributed by atoms with Crippen LogP contribution in [0.3, 0.4) is 0 Å². The molecule has 0 aliphatic carbocycles. The van der Waals surface area contributed by atoms with E-state index >= 15 is 0 Å². The maximum Gasteiger partial charge on any atom is 0.133 e. The summed E-state index contributed by atoms with van der Waals surface area (Å²) in [5, 5.41) is 12.9. The Kier molecular flexibility index (Phi) is 3.55. The van der Waals surface area contributed by atoms with Crippen molar-refractivity contribution in [2.24, 2.45) is 0 Å². The van der Waals surface area contributed by atoms with Crippen molar-refractivity contribution in [2.75, 3.05) is 7.05 Å². The van der Waals surface area contributed by atoms with Gasteiger partial charge in [-0.15, -0.1) is 0 Å². The first-order valence-electron chi connectivity index (χ1n) is 4.22. The Morgan fingerprint density at radius 2 is 2.08 bits per heavy atom. The fourth-order valence-electron chi connectivity index (χ4n) is 1.25. The highest BCUT2D eigenvalue weighted by molar-refractivity contribution is 14.1. The van der Waals surface area contributed by atoms with Crippen LogP contribution >= 0.6 is 22.6 Å². The summed E-state index contributed by atoms with van der Waals surface area (Å²) in [5.74, 6) is 0.396. The number of rotatable bonds is 2. The van der Waals surface area contributed by atoms with Crippen molar-refractivity contribution in [3.8, 4) is 5.75 Å². The van der Waals surface area contributed by atoms with Gasteiger partial charge in [-0.3, -0.25) is 0 Å². The van der Waals surface area contributed by atoms with Gasteiger partial charge >= 0.3 is 0 Å². The lowest BCUT2D eigenvalue weighted by Gasteiger charge is -2.14. The topological polar surface area (TPSA) is 32.3 Å². The summed E-state index contributed by atoms with van der Waals surface area (Å²) in [6.07, 6.45) is 0. The Morgan fingerprint density at radius 3 is 2.62 bits per heavy atom. The van der Waals surface area contributed by atoms with Crippen LogP contribution in [0.15, 0.2) is 12.1 Å². The number of hydrogen-bond donors (Lipinski definition) is 2. The van der Waals surface area contributed by atoms with Crippen LogP contribution in [-0.2, 0) is 0 Å². The van der Waals surface area contributed by atoms with E-state index in [9.17, 15) is 5.11 Å². The molecule has 0 saturated heterocycles. The predicted molar refractivity (Wildman–Crippen MR) is 63.0 cm³/mol. The predicted octanol–water partition coefficient (Wildman–Crippen LogP) is 2.59. The smallest absolute Gasteiger partial charge is 0.133 e. The average molecular weight is 291 g/mol. The lowest BCUT2D eigenvalue weighted by atomic mass is 10.0. The van der Waals surface area contributed by atoms with Crippen LogP contribution in [0.2, 0.25) is 0 Å². The number of aromatic hydroxyl groups is 1. The minimum Gasteiger partial charge on any atom is -0.506 e. The van der Waals surface area contributed by atoms with E-state index in [-0.39, 0.29) is 6.04 Å². The van der Waals surface area contributed by atoms with E-state index in [4.69, 9.17) is 0 Å². The van der Waals surface area contributed by atoms with Crippen LogP contribution in [0.1, 0.15) is 24.1 Å². The fourth-order valence-corrected chi connectivity index (χ4v) is 2.05. The average Bonchev–Trinajstić information content (AvgIpc) is 2.10. The maximum absolute atomic E-state index is 9.78. The molecule has 72 valence electrons. The number of hydrogen-bond acceptors (Lipinski definition) is 2. The molecule has 2 N–H and O–H groups in total. The molecule has 1 rings (SSSR count). The molecule has 0 saturated carbocycles. The number of halogens is 1. The molecule has 0 radical (unpaired) electrons. The van der Waals surface area contributed by atoms with Crippen LogP contribution in [-0.4, -0.2) is 12.2 Å². The number of aryl methyl sites for hydroxylation is 1. The fraction of sp³-hybridized carbons (Fsp3) is 0.400. The van der Waals surface area contributed by atoms with E-state index in [1.807, 2.05) is 33.0 Å². The van der Waals surface area contributed by atoms with Crippen LogP contribution in [0.25, 0.3) is 0 Å². The van der Waals surface area contributed by atoms with Crippen LogP contribution in [0.5, 0.6) is 5.75 Å². The van der Waals surface area contributed by atoms with Crippen molar-refractivity contribution in [3.63, 3.8) is 0 Å². The van der Waals surface area contributed by atoms with Gasteiger partial charge in [-0.25, -0.2) is 0 Å². The highest BCUT2D eigenvalue weighted by atomic mass is 127. The van der Waals surface area contributed by atoms with Crippen molar-refractivity contribution < 1.29 is 5.11 Å². The number of benzene rings is 1. The van der Waals surface area contributed by atoms with Crippen LogP contribution in [0, 0.1) is 10.5 Å². The minimum absolute atomic E-state index is 0.188. The normalized spacial score (nSPS) is 12.9. The van der Waals surface area contributed by atoms with Crippen LogP contribution in [0.4, 0.5) is 0 Å². The number of phenolic OH excluding ortho intramolecular Hbond substituents is 1. The van der Waals surface area contributed by atoms with Gasteiger partial charge in [0.05, 0.1) is 3.57 Å². The largest absolute Gasteiger partial charge is 0.506 e. The Labute approximate surface area is 92.5 Å². The van der Waals surface area contributed by atoms with Crippen molar-refractivity contribution in [1.82, 2.24) is 5.32 Å². The summed E-state index contributed by atoms with van der Waals surface area (Å²) >= 11 is 2.15. The molecule has 13 heavy (non-hydrogen) atoms. The first-order valence-corrected chi connectivity index (χ1v) is 5.30. The third kappa shape index (κ3) is 2.34. The van der Waals surface area contributed by atoms with E-state index in [1.165, 1.54) is 5.56 Å². The van der Waals surface area contributed by atoms with Gasteiger partial charge in [0, 0.05) is 11.6 Å². The molecule has 2 nitrogen and oxygen atoms in total. The van der Waals surface area contributed by atoms with E-state index in [2.05, 4.69) is 27.9 Å². The van der Waals surface area contributed by atoms with E-state index in [0.29, 0.717) is 5.75 Å². The Morgan fingerprint density at radius 1 is 1.46 bits per heavy atom. The van der Waals surface area contributed by atoms with Gasteiger partial charge in [0.15, 0.2) is 0 Å². The summed E-state index contributed by atoms with van der Waals surface area (Å²) in [4.78, 5) is 0. The van der Waals surface area contributed by atoms with Crippen molar-refractivity contribution >= 4 is 22.6 Å². The third-order valence-corrected chi connectivity index (χ3v) is 2.96. The zero-order valence-electron chi connectivity index (χ0n) is 8.06. The Bertz CT molecular complexity index is 312. The Hall–Kier alpha value is -0.290. The van der Waals surface area contributed by atoms with E-state index < -0.39 is 0 Å². The third-order valence-electron chi connectivity index (χ3n) is 2.14. The molecule has 0 unspecified atom stereocenters. The molecule has 1 aromatic rings. The van der Waals surface area contributed by atoms with Crippen molar-refractivity contribution in [1.29, 1.82) is 0 Å². The zero-order chi connectivity index (χ0) is 10.0. The Balaban J connectivity index is 3.20. The zero-order valence-corrected chi connectivity index (χ0v) is 10.2. The van der Waals surface area contributed by atoms with Gasteiger partial charge in [-0.2, -0.15) is 0 Å². The summed E-state index contributed by atoms with van der Waals surface area (Å²) in [5.41, 5.74) is 2.14. The van der Waals surface area contributed by atoms with E-state index in [0.717, 1.165) is 9.13 Å². The monoisotopic (exact) mass is 291 g/mol. The molecule has 1 atom stereocenters. The molecule has 0 fully saturated rings. The lowest BCUT2D eigenvalue weighted by molar-refractivity contribution is 0.454. The first-order chi connectivity index (χ1) is 6.06.